The Bertz CT molecular complexity index is 299. The number of hydrogen-bond donors (Lipinski definition) is 1. The lowest BCUT2D eigenvalue weighted by Gasteiger charge is -2.22. The maximum Gasteiger partial charge on any atom is 0.106 e. The average Bonchev–Trinajstić information content (AvgIpc) is 2.30. The highest BCUT2D eigenvalue weighted by atomic mass is 35.5. The van der Waals surface area contributed by atoms with E-state index in [4.69, 9.17) is 17.3 Å². The van der Waals surface area contributed by atoms with Crippen LogP contribution in [0.4, 0.5) is 0 Å². The zero-order valence-corrected chi connectivity index (χ0v) is 9.71. The Labute approximate surface area is 96.6 Å². The Hall–Kier alpha value is -0.530. The van der Waals surface area contributed by atoms with E-state index in [1.165, 1.54) is 37.7 Å². The molecule has 15 heavy (non-hydrogen) atoms. The van der Waals surface area contributed by atoms with Crippen LogP contribution in [0.15, 0.2) is 24.3 Å². The summed E-state index contributed by atoms with van der Waals surface area (Å²) in [6.45, 7) is 0. The van der Waals surface area contributed by atoms with Gasteiger partial charge in [-0.25, -0.2) is 0 Å². The number of alkyl halides is 1. The molecule has 0 aliphatic heterocycles. The number of rotatable bonds is 2. The van der Waals surface area contributed by atoms with Gasteiger partial charge in [0.15, 0.2) is 0 Å². The van der Waals surface area contributed by atoms with Gasteiger partial charge in [-0.15, -0.1) is 11.6 Å². The highest BCUT2D eigenvalue weighted by Crippen LogP contribution is 2.32. The van der Waals surface area contributed by atoms with Gasteiger partial charge in [0.25, 0.3) is 0 Å². The molecule has 0 radical (unpaired) electrons. The van der Waals surface area contributed by atoms with Crippen molar-refractivity contribution in [3.63, 3.8) is 0 Å². The Morgan fingerprint density at radius 3 is 2.20 bits per heavy atom. The van der Waals surface area contributed by atoms with Crippen LogP contribution in [0.25, 0.3) is 0 Å². The molecule has 82 valence electrons. The molecular formula is C13H18ClN. The number of benzene rings is 1. The minimum absolute atomic E-state index is 0.370. The fourth-order valence-corrected chi connectivity index (χ4v) is 2.53. The van der Waals surface area contributed by atoms with Gasteiger partial charge in [-0.3, -0.25) is 0 Å². The molecule has 1 saturated carbocycles. The summed E-state index contributed by atoms with van der Waals surface area (Å²) in [5, 5.41) is 0. The third kappa shape index (κ3) is 2.73. The summed E-state index contributed by atoms with van der Waals surface area (Å²) in [6, 6.07) is 8.49. The van der Waals surface area contributed by atoms with Crippen LogP contribution < -0.4 is 5.73 Å². The summed E-state index contributed by atoms with van der Waals surface area (Å²) in [7, 11) is 0. The predicted molar refractivity (Wildman–Crippen MR) is 65.0 cm³/mol. The molecule has 1 aliphatic carbocycles. The van der Waals surface area contributed by atoms with E-state index in [1.807, 2.05) is 0 Å². The monoisotopic (exact) mass is 223 g/mol. The standard InChI is InChI=1S/C13H18ClN/c14-13(15)12-8-6-11(7-9-12)10-4-2-1-3-5-10/h6-10,13H,1-5,15H2. The van der Waals surface area contributed by atoms with Crippen molar-refractivity contribution in [3.05, 3.63) is 35.4 Å². The summed E-state index contributed by atoms with van der Waals surface area (Å²) < 4.78 is 0. The minimum atomic E-state index is -0.370. The van der Waals surface area contributed by atoms with E-state index in [0.717, 1.165) is 11.5 Å². The van der Waals surface area contributed by atoms with Crippen molar-refractivity contribution in [1.29, 1.82) is 0 Å². The molecule has 0 amide bonds. The normalized spacial score (nSPS) is 20.1. The van der Waals surface area contributed by atoms with Crippen molar-refractivity contribution < 1.29 is 0 Å². The molecule has 2 rings (SSSR count). The van der Waals surface area contributed by atoms with E-state index in [9.17, 15) is 0 Å². The van der Waals surface area contributed by atoms with Crippen LogP contribution in [0, 0.1) is 0 Å². The van der Waals surface area contributed by atoms with Gasteiger partial charge in [0.05, 0.1) is 0 Å². The number of halogens is 1. The molecule has 2 heteroatoms. The second kappa shape index (κ2) is 5.00. The Balaban J connectivity index is 2.08. The van der Waals surface area contributed by atoms with Gasteiger partial charge in [-0.1, -0.05) is 43.5 Å². The smallest absolute Gasteiger partial charge is 0.106 e. The molecule has 0 heterocycles. The van der Waals surface area contributed by atoms with Crippen molar-refractivity contribution in [2.75, 3.05) is 0 Å². The molecule has 1 nitrogen and oxygen atoms in total. The molecule has 0 bridgehead atoms. The molecule has 0 spiro atoms. The average molecular weight is 224 g/mol. The lowest BCUT2D eigenvalue weighted by Crippen LogP contribution is -2.06. The fraction of sp³-hybridized carbons (Fsp3) is 0.538. The first kappa shape index (κ1) is 11.0. The third-order valence-electron chi connectivity index (χ3n) is 3.33. The van der Waals surface area contributed by atoms with Gasteiger partial charge < -0.3 is 5.73 Å². The van der Waals surface area contributed by atoms with E-state index < -0.39 is 0 Å². The lowest BCUT2D eigenvalue weighted by molar-refractivity contribution is 0.443. The molecule has 1 fully saturated rings. The molecular weight excluding hydrogens is 206 g/mol. The zero-order chi connectivity index (χ0) is 10.7. The maximum atomic E-state index is 5.82. The van der Waals surface area contributed by atoms with Gasteiger partial charge >= 0.3 is 0 Å². The largest absolute Gasteiger partial charge is 0.312 e. The van der Waals surface area contributed by atoms with Crippen molar-refractivity contribution in [1.82, 2.24) is 0 Å². The summed E-state index contributed by atoms with van der Waals surface area (Å²) >= 11 is 5.82. The van der Waals surface area contributed by atoms with Crippen LogP contribution in [-0.2, 0) is 0 Å². The van der Waals surface area contributed by atoms with Crippen LogP contribution in [0.3, 0.4) is 0 Å². The van der Waals surface area contributed by atoms with Crippen LogP contribution in [0.1, 0.15) is 54.6 Å². The zero-order valence-electron chi connectivity index (χ0n) is 8.95. The van der Waals surface area contributed by atoms with Gasteiger partial charge in [-0.05, 0) is 29.9 Å². The van der Waals surface area contributed by atoms with Gasteiger partial charge in [0.1, 0.15) is 5.50 Å². The van der Waals surface area contributed by atoms with Crippen molar-refractivity contribution in [2.24, 2.45) is 5.73 Å². The highest BCUT2D eigenvalue weighted by molar-refractivity contribution is 6.20. The van der Waals surface area contributed by atoms with Crippen LogP contribution in [-0.4, -0.2) is 0 Å². The molecule has 1 unspecified atom stereocenters. The maximum absolute atomic E-state index is 5.82. The Morgan fingerprint density at radius 1 is 1.07 bits per heavy atom. The third-order valence-corrected chi connectivity index (χ3v) is 3.58. The molecule has 1 atom stereocenters. The predicted octanol–water partition coefficient (Wildman–Crippen LogP) is 3.93. The summed E-state index contributed by atoms with van der Waals surface area (Å²) in [5.41, 5.74) is 7.70. The van der Waals surface area contributed by atoms with E-state index in [-0.39, 0.29) is 5.50 Å². The van der Waals surface area contributed by atoms with Crippen molar-refractivity contribution in [3.8, 4) is 0 Å². The molecule has 1 aromatic rings. The SMILES string of the molecule is NC(Cl)c1ccc(C2CCCCC2)cc1. The first-order valence-corrected chi connectivity index (χ1v) is 6.20. The van der Waals surface area contributed by atoms with Crippen LogP contribution in [0.5, 0.6) is 0 Å². The minimum Gasteiger partial charge on any atom is -0.312 e. The number of hydrogen-bond acceptors (Lipinski definition) is 1. The van der Waals surface area contributed by atoms with Crippen molar-refractivity contribution >= 4 is 11.6 Å². The quantitative estimate of drug-likeness (QED) is 0.597. The lowest BCUT2D eigenvalue weighted by atomic mass is 9.84. The van der Waals surface area contributed by atoms with E-state index >= 15 is 0 Å². The molecule has 0 aromatic heterocycles. The van der Waals surface area contributed by atoms with Gasteiger partial charge in [0.2, 0.25) is 0 Å². The fourth-order valence-electron chi connectivity index (χ4n) is 2.39. The topological polar surface area (TPSA) is 26.0 Å². The van der Waals surface area contributed by atoms with Crippen molar-refractivity contribution in [2.45, 2.75) is 43.5 Å². The summed E-state index contributed by atoms with van der Waals surface area (Å²) in [6.07, 6.45) is 6.84. The van der Waals surface area contributed by atoms with Gasteiger partial charge in [-0.2, -0.15) is 0 Å². The molecule has 1 aliphatic rings. The Kier molecular flexibility index (Phi) is 3.66. The first-order chi connectivity index (χ1) is 7.27. The van der Waals surface area contributed by atoms with E-state index in [0.29, 0.717) is 0 Å². The molecule has 2 N–H and O–H groups in total. The first-order valence-electron chi connectivity index (χ1n) is 5.77. The van der Waals surface area contributed by atoms with Crippen LogP contribution in [0.2, 0.25) is 0 Å². The summed E-state index contributed by atoms with van der Waals surface area (Å²) in [4.78, 5) is 0. The summed E-state index contributed by atoms with van der Waals surface area (Å²) in [5.74, 6) is 0.763. The highest BCUT2D eigenvalue weighted by Gasteiger charge is 2.15. The molecule has 0 saturated heterocycles. The van der Waals surface area contributed by atoms with Gasteiger partial charge in [0, 0.05) is 0 Å². The van der Waals surface area contributed by atoms with Crippen LogP contribution >= 0.6 is 11.6 Å². The Morgan fingerprint density at radius 2 is 1.67 bits per heavy atom. The van der Waals surface area contributed by atoms with E-state index in [2.05, 4.69) is 24.3 Å². The number of nitrogens with two attached hydrogens (primary N) is 1. The van der Waals surface area contributed by atoms with E-state index in [1.54, 1.807) is 0 Å². The second-order valence-corrected chi connectivity index (χ2v) is 4.87. The molecule has 1 aromatic carbocycles. The second-order valence-electron chi connectivity index (χ2n) is 4.40.